The van der Waals surface area contributed by atoms with Gasteiger partial charge in [0.15, 0.2) is 11.6 Å². The summed E-state index contributed by atoms with van der Waals surface area (Å²) in [6, 6.07) is -2.62. The van der Waals surface area contributed by atoms with Crippen LogP contribution in [0.25, 0.3) is 0 Å². The highest BCUT2D eigenvalue weighted by molar-refractivity contribution is 6.08. The van der Waals surface area contributed by atoms with E-state index in [0.29, 0.717) is 12.8 Å². The molecular formula is C39H75N5O8. The van der Waals surface area contributed by atoms with E-state index in [9.17, 15) is 34.5 Å². The molecule has 1 aliphatic rings. The van der Waals surface area contributed by atoms with Gasteiger partial charge in [0.2, 0.25) is 17.7 Å². The molecule has 13 heteroatoms. The number of rotatable bonds is 31. The van der Waals surface area contributed by atoms with Crippen molar-refractivity contribution in [3.05, 3.63) is 0 Å². The topological polar surface area (TPSA) is 232 Å². The SMILES string of the molecule is CCCCCCCCCCCCCCN(C(=O)CCCCCCCCCCC)[C@]1(N)O[C@H](CO)[C@@H](O)[C@H](O)[C@H]1C(=O)CNC(=O)C(N)C(=O)[C@H](C)N. The number of hydrogen-bond donors (Lipinski definition) is 7. The molecule has 304 valence electrons. The van der Waals surface area contributed by atoms with Gasteiger partial charge in [-0.15, -0.1) is 0 Å². The molecular weight excluding hydrogens is 666 g/mol. The van der Waals surface area contributed by atoms with Gasteiger partial charge in [-0.2, -0.15) is 0 Å². The molecule has 52 heavy (non-hydrogen) atoms. The number of nitrogens with one attached hydrogen (secondary N) is 1. The Morgan fingerprint density at radius 1 is 0.731 bits per heavy atom. The summed E-state index contributed by atoms with van der Waals surface area (Å²) >= 11 is 0. The minimum Gasteiger partial charge on any atom is -0.394 e. The number of carbonyl (C=O) groups is 4. The number of nitrogens with zero attached hydrogens (tertiary/aromatic N) is 1. The van der Waals surface area contributed by atoms with Crippen LogP contribution in [0.5, 0.6) is 0 Å². The second kappa shape index (κ2) is 27.6. The number of hydrogen-bond acceptors (Lipinski definition) is 11. The van der Waals surface area contributed by atoms with E-state index in [-0.39, 0.29) is 18.9 Å². The first-order chi connectivity index (χ1) is 24.9. The van der Waals surface area contributed by atoms with Crippen molar-refractivity contribution < 1.29 is 39.2 Å². The standard InChI is InChI=1S/C39H75N5O8/c1-4-6-8-10-12-14-15-16-18-20-22-24-26-44(32(47)25-23-21-19-17-13-11-9-7-5-2)39(42)33(37(50)36(49)31(28-45)52-39)30(46)27-43-38(51)34(41)35(48)29(3)40/h29,31,33-34,36-37,45,49-50H,4-28,40-42H2,1-3H3,(H,43,51)/t29-,31+,33+,34?,36+,37+,39-/m0/s1. The van der Waals surface area contributed by atoms with Gasteiger partial charge in [-0.05, 0) is 19.8 Å². The maximum Gasteiger partial charge on any atom is 0.245 e. The highest BCUT2D eigenvalue weighted by Gasteiger charge is 2.58. The molecule has 0 aliphatic carbocycles. The van der Waals surface area contributed by atoms with Gasteiger partial charge >= 0.3 is 0 Å². The molecule has 1 unspecified atom stereocenters. The first kappa shape index (κ1) is 48.0. The molecule has 0 radical (unpaired) electrons. The Balaban J connectivity index is 3.05. The Bertz CT molecular complexity index is 1020. The fraction of sp³-hybridized carbons (Fsp3) is 0.897. The zero-order valence-corrected chi connectivity index (χ0v) is 32.7. The van der Waals surface area contributed by atoms with Crippen LogP contribution in [0.4, 0.5) is 0 Å². The number of aliphatic hydroxyl groups excluding tert-OH is 3. The molecule has 0 spiro atoms. The average molecular weight is 742 g/mol. The van der Waals surface area contributed by atoms with Crippen LogP contribution in [0.3, 0.4) is 0 Å². The lowest BCUT2D eigenvalue weighted by molar-refractivity contribution is -0.291. The third kappa shape index (κ3) is 17.0. The summed E-state index contributed by atoms with van der Waals surface area (Å²) < 4.78 is 5.99. The lowest BCUT2D eigenvalue weighted by atomic mass is 9.82. The fourth-order valence-electron chi connectivity index (χ4n) is 6.98. The highest BCUT2D eigenvalue weighted by Crippen LogP contribution is 2.36. The number of carbonyl (C=O) groups excluding carboxylic acids is 4. The van der Waals surface area contributed by atoms with Gasteiger partial charge in [-0.3, -0.25) is 24.9 Å². The van der Waals surface area contributed by atoms with E-state index in [1.165, 1.54) is 82.5 Å². The highest BCUT2D eigenvalue weighted by atomic mass is 16.6. The van der Waals surface area contributed by atoms with Crippen molar-refractivity contribution >= 4 is 23.4 Å². The largest absolute Gasteiger partial charge is 0.394 e. The van der Waals surface area contributed by atoms with E-state index in [1.54, 1.807) is 0 Å². The second-order valence-corrected chi connectivity index (χ2v) is 14.9. The fourth-order valence-corrected chi connectivity index (χ4v) is 6.98. The van der Waals surface area contributed by atoms with Gasteiger partial charge in [0.25, 0.3) is 0 Å². The van der Waals surface area contributed by atoms with Crippen molar-refractivity contribution in [1.82, 2.24) is 10.2 Å². The smallest absolute Gasteiger partial charge is 0.245 e. The summed E-state index contributed by atoms with van der Waals surface area (Å²) in [6.45, 7) is 4.50. The third-order valence-electron chi connectivity index (χ3n) is 10.3. The zero-order chi connectivity index (χ0) is 38.9. The number of ether oxygens (including phenoxy) is 1. The molecule has 0 bridgehead atoms. The van der Waals surface area contributed by atoms with Gasteiger partial charge in [0, 0.05) is 13.0 Å². The van der Waals surface area contributed by atoms with Gasteiger partial charge in [0.05, 0.1) is 25.3 Å². The van der Waals surface area contributed by atoms with Gasteiger partial charge in [-0.25, -0.2) is 0 Å². The van der Waals surface area contributed by atoms with Gasteiger partial charge < -0.3 is 41.7 Å². The molecule has 1 saturated heterocycles. The number of amides is 2. The molecule has 7 atom stereocenters. The van der Waals surface area contributed by atoms with Crippen LogP contribution in [0, 0.1) is 5.92 Å². The van der Waals surface area contributed by atoms with Crippen molar-refractivity contribution in [3.63, 3.8) is 0 Å². The quantitative estimate of drug-likeness (QED) is 0.0308. The van der Waals surface area contributed by atoms with Gasteiger partial charge in [0.1, 0.15) is 24.2 Å². The van der Waals surface area contributed by atoms with Gasteiger partial charge in [-0.1, -0.05) is 136 Å². The van der Waals surface area contributed by atoms with Crippen molar-refractivity contribution in [3.8, 4) is 0 Å². The molecule has 2 amide bonds. The first-order valence-corrected chi connectivity index (χ1v) is 20.5. The Kier molecular flexibility index (Phi) is 25.5. The average Bonchev–Trinajstić information content (AvgIpc) is 3.12. The predicted molar refractivity (Wildman–Crippen MR) is 204 cm³/mol. The normalized spacial score (nSPS) is 22.9. The molecule has 0 aromatic carbocycles. The van der Waals surface area contributed by atoms with E-state index >= 15 is 0 Å². The molecule has 1 heterocycles. The van der Waals surface area contributed by atoms with E-state index in [0.717, 1.165) is 51.4 Å². The molecule has 0 aromatic heterocycles. The number of ketones is 2. The van der Waals surface area contributed by atoms with Crippen LogP contribution in [0.15, 0.2) is 0 Å². The van der Waals surface area contributed by atoms with Crippen LogP contribution in [0.1, 0.15) is 162 Å². The number of nitrogens with two attached hydrogens (primary N) is 3. The van der Waals surface area contributed by atoms with Crippen LogP contribution in [0.2, 0.25) is 0 Å². The predicted octanol–water partition coefficient (Wildman–Crippen LogP) is 3.71. The molecule has 1 fully saturated rings. The summed E-state index contributed by atoms with van der Waals surface area (Å²) in [7, 11) is 0. The minimum atomic E-state index is -2.23. The van der Waals surface area contributed by atoms with Crippen molar-refractivity contribution in [1.29, 1.82) is 0 Å². The Morgan fingerprint density at radius 2 is 1.17 bits per heavy atom. The Labute approximate surface area is 313 Å². The van der Waals surface area contributed by atoms with E-state index in [1.807, 2.05) is 0 Å². The summed E-state index contributed by atoms with van der Waals surface area (Å²) in [6.07, 6.45) is 18.2. The molecule has 1 rings (SSSR count). The second-order valence-electron chi connectivity index (χ2n) is 14.9. The van der Waals surface area contributed by atoms with Crippen LogP contribution < -0.4 is 22.5 Å². The number of aliphatic hydroxyl groups is 3. The summed E-state index contributed by atoms with van der Waals surface area (Å²) in [5.74, 6) is -6.79. The lowest BCUT2D eigenvalue weighted by Gasteiger charge is -2.52. The zero-order valence-electron chi connectivity index (χ0n) is 32.7. The van der Waals surface area contributed by atoms with Crippen LogP contribution >= 0.6 is 0 Å². The third-order valence-corrected chi connectivity index (χ3v) is 10.3. The number of Topliss-reactive ketones (excluding diaryl/α,β-unsaturated/α-hetero) is 2. The van der Waals surface area contributed by atoms with E-state index in [2.05, 4.69) is 19.2 Å². The van der Waals surface area contributed by atoms with Crippen molar-refractivity contribution in [2.24, 2.45) is 23.1 Å². The number of unbranched alkanes of at least 4 members (excludes halogenated alkanes) is 19. The minimum absolute atomic E-state index is 0.134. The molecule has 0 aromatic rings. The molecule has 13 nitrogen and oxygen atoms in total. The van der Waals surface area contributed by atoms with Crippen molar-refractivity contribution in [2.75, 3.05) is 19.7 Å². The summed E-state index contributed by atoms with van der Waals surface area (Å²) in [5.41, 5.74) is 18.1. The summed E-state index contributed by atoms with van der Waals surface area (Å²) in [4.78, 5) is 53.7. The molecule has 10 N–H and O–H groups in total. The molecule has 0 saturated carbocycles. The first-order valence-electron chi connectivity index (χ1n) is 20.5. The van der Waals surface area contributed by atoms with Crippen molar-refractivity contribution in [2.45, 2.75) is 198 Å². The van der Waals surface area contributed by atoms with Crippen LogP contribution in [-0.2, 0) is 23.9 Å². The van der Waals surface area contributed by atoms with Crippen LogP contribution in [-0.4, -0.2) is 99.5 Å². The van der Waals surface area contributed by atoms with E-state index in [4.69, 9.17) is 21.9 Å². The Hall–Kier alpha value is -2.00. The molecule has 1 aliphatic heterocycles. The Morgan fingerprint density at radius 3 is 1.62 bits per heavy atom. The monoisotopic (exact) mass is 742 g/mol. The summed E-state index contributed by atoms with van der Waals surface area (Å²) in [5, 5.41) is 34.3. The van der Waals surface area contributed by atoms with E-state index < -0.39 is 72.8 Å². The maximum atomic E-state index is 13.9. The lowest BCUT2D eigenvalue weighted by Crippen LogP contribution is -2.75. The maximum absolute atomic E-state index is 13.9.